The number of hydrogen-bond donors (Lipinski definition) is 1. The van der Waals surface area contributed by atoms with Gasteiger partial charge in [0.15, 0.2) is 6.10 Å². The van der Waals surface area contributed by atoms with Crippen molar-refractivity contribution in [3.05, 3.63) is 120 Å². The van der Waals surface area contributed by atoms with Crippen molar-refractivity contribution in [3.63, 3.8) is 0 Å². The number of carbonyl (C=O) groups is 2. The maximum atomic E-state index is 13.0. The summed E-state index contributed by atoms with van der Waals surface area (Å²) in [4.78, 5) is 26.1. The Hall–Kier alpha value is -4.22. The zero-order valence-corrected chi connectivity index (χ0v) is 21.1. The summed E-state index contributed by atoms with van der Waals surface area (Å²) in [5.41, 5.74) is 6.85. The Morgan fingerprint density at radius 1 is 0.757 bits per heavy atom. The number of aliphatic carboxylic acids is 1. The van der Waals surface area contributed by atoms with Gasteiger partial charge in [0.2, 0.25) is 0 Å². The molecule has 5 nitrogen and oxygen atoms in total. The highest BCUT2D eigenvalue weighted by molar-refractivity contribution is 5.94. The summed E-state index contributed by atoms with van der Waals surface area (Å²) in [5, 5.41) is 9.32. The summed E-state index contributed by atoms with van der Waals surface area (Å²) in [5.74, 6) is -0.985. The van der Waals surface area contributed by atoms with Crippen molar-refractivity contribution in [2.45, 2.75) is 26.0 Å². The van der Waals surface area contributed by atoms with Crippen LogP contribution in [0.15, 0.2) is 103 Å². The van der Waals surface area contributed by atoms with Gasteiger partial charge in [0, 0.05) is 32.2 Å². The normalized spacial score (nSPS) is 11.6. The molecule has 0 aromatic heterocycles. The number of ether oxygens (including phenoxy) is 1. The van der Waals surface area contributed by atoms with Gasteiger partial charge >= 0.3 is 5.97 Å². The fraction of sp³-hybridized carbons (Fsp3) is 0.188. The molecule has 0 saturated carbocycles. The van der Waals surface area contributed by atoms with E-state index in [-0.39, 0.29) is 5.91 Å². The Kier molecular flexibility index (Phi) is 8.49. The number of carboxylic acids is 1. The maximum Gasteiger partial charge on any atom is 0.333 e. The van der Waals surface area contributed by atoms with E-state index in [0.717, 1.165) is 33.4 Å². The molecule has 0 bridgehead atoms. The molecule has 0 heterocycles. The van der Waals surface area contributed by atoms with Crippen LogP contribution in [0.4, 0.5) is 0 Å². The van der Waals surface area contributed by atoms with Crippen LogP contribution in [0, 0.1) is 0 Å². The lowest BCUT2D eigenvalue weighted by atomic mass is 9.99. The van der Waals surface area contributed by atoms with E-state index in [1.165, 1.54) is 0 Å². The zero-order valence-electron chi connectivity index (χ0n) is 21.1. The first-order chi connectivity index (χ1) is 17.9. The van der Waals surface area contributed by atoms with E-state index in [9.17, 15) is 14.7 Å². The molecule has 4 rings (SSSR count). The van der Waals surface area contributed by atoms with Crippen LogP contribution in [-0.4, -0.2) is 41.6 Å². The van der Waals surface area contributed by atoms with Crippen molar-refractivity contribution in [1.29, 1.82) is 0 Å². The second kappa shape index (κ2) is 12.2. The van der Waals surface area contributed by atoms with Crippen LogP contribution in [0.3, 0.4) is 0 Å². The van der Waals surface area contributed by atoms with Crippen molar-refractivity contribution in [2.75, 3.05) is 13.7 Å². The van der Waals surface area contributed by atoms with Crippen LogP contribution in [0.5, 0.6) is 0 Å². The van der Waals surface area contributed by atoms with Crippen LogP contribution in [0.25, 0.3) is 22.3 Å². The van der Waals surface area contributed by atoms with Crippen LogP contribution in [0.1, 0.15) is 28.4 Å². The highest BCUT2D eigenvalue weighted by atomic mass is 16.5. The van der Waals surface area contributed by atoms with Gasteiger partial charge in [0.1, 0.15) is 0 Å². The first kappa shape index (κ1) is 25.9. The van der Waals surface area contributed by atoms with Crippen molar-refractivity contribution >= 4 is 11.9 Å². The predicted octanol–water partition coefficient (Wildman–Crippen LogP) is 6.33. The van der Waals surface area contributed by atoms with Gasteiger partial charge < -0.3 is 14.7 Å². The zero-order chi connectivity index (χ0) is 26.2. The number of rotatable bonds is 10. The number of carbonyl (C=O) groups excluding carboxylic acids is 1. The van der Waals surface area contributed by atoms with Gasteiger partial charge in [-0.1, -0.05) is 84.9 Å². The van der Waals surface area contributed by atoms with Crippen LogP contribution in [0.2, 0.25) is 0 Å². The Morgan fingerprint density at radius 3 is 2.00 bits per heavy atom. The fourth-order valence-electron chi connectivity index (χ4n) is 4.32. The number of hydrogen-bond acceptors (Lipinski definition) is 3. The molecule has 4 aromatic rings. The standard InChI is InChI=1S/C32H31NO4/c1-3-37-30(32(35)36)21-23-12-14-27(15-13-23)29-11-7-8-24(20-29)22-33(2)31(34)28-18-16-26(17-19-28)25-9-5-4-6-10-25/h4-20,30H,3,21-22H2,1-2H3,(H,35,36). The second-order valence-corrected chi connectivity index (χ2v) is 8.99. The summed E-state index contributed by atoms with van der Waals surface area (Å²) < 4.78 is 5.32. The smallest absolute Gasteiger partial charge is 0.333 e. The van der Waals surface area contributed by atoms with Crippen LogP contribution >= 0.6 is 0 Å². The van der Waals surface area contributed by atoms with E-state index in [1.807, 2.05) is 92.0 Å². The minimum atomic E-state index is -0.954. The Morgan fingerprint density at radius 2 is 1.35 bits per heavy atom. The first-order valence-corrected chi connectivity index (χ1v) is 12.4. The Labute approximate surface area is 218 Å². The molecule has 0 radical (unpaired) electrons. The molecule has 5 heteroatoms. The number of carboxylic acid groups (broad SMARTS) is 1. The molecule has 4 aromatic carbocycles. The lowest BCUT2D eigenvalue weighted by Crippen LogP contribution is -2.26. The highest BCUT2D eigenvalue weighted by Gasteiger charge is 2.18. The molecule has 0 aliphatic heterocycles. The molecular formula is C32H31NO4. The van der Waals surface area contributed by atoms with Crippen molar-refractivity contribution in [1.82, 2.24) is 4.90 Å². The number of nitrogens with zero attached hydrogens (tertiary/aromatic N) is 1. The van der Waals surface area contributed by atoms with Crippen molar-refractivity contribution in [2.24, 2.45) is 0 Å². The SMILES string of the molecule is CCOC(Cc1ccc(-c2cccc(CN(C)C(=O)c3ccc(-c4ccccc4)cc3)c2)cc1)C(=O)O. The molecule has 0 aliphatic rings. The maximum absolute atomic E-state index is 13.0. The van der Waals surface area contributed by atoms with Gasteiger partial charge in [0.05, 0.1) is 0 Å². The van der Waals surface area contributed by atoms with Crippen LogP contribution in [-0.2, 0) is 22.5 Å². The predicted molar refractivity (Wildman–Crippen MR) is 146 cm³/mol. The lowest BCUT2D eigenvalue weighted by Gasteiger charge is -2.18. The fourth-order valence-corrected chi connectivity index (χ4v) is 4.32. The van der Waals surface area contributed by atoms with Gasteiger partial charge in [0.25, 0.3) is 5.91 Å². The molecule has 188 valence electrons. The minimum absolute atomic E-state index is 0.0309. The number of benzene rings is 4. The average molecular weight is 494 g/mol. The topological polar surface area (TPSA) is 66.8 Å². The van der Waals surface area contributed by atoms with Crippen molar-refractivity contribution < 1.29 is 19.4 Å². The third kappa shape index (κ3) is 6.72. The molecule has 37 heavy (non-hydrogen) atoms. The summed E-state index contributed by atoms with van der Waals surface area (Å²) in [7, 11) is 1.81. The summed E-state index contributed by atoms with van der Waals surface area (Å²) in [6.07, 6.45) is -0.523. The Balaban J connectivity index is 1.41. The van der Waals surface area contributed by atoms with Gasteiger partial charge in [-0.2, -0.15) is 0 Å². The van der Waals surface area contributed by atoms with Crippen molar-refractivity contribution in [3.8, 4) is 22.3 Å². The van der Waals surface area contributed by atoms with E-state index >= 15 is 0 Å². The molecule has 0 fully saturated rings. The second-order valence-electron chi connectivity index (χ2n) is 8.99. The van der Waals surface area contributed by atoms with E-state index in [1.54, 1.807) is 11.8 Å². The lowest BCUT2D eigenvalue weighted by molar-refractivity contribution is -0.149. The molecule has 1 unspecified atom stereocenters. The molecule has 1 atom stereocenters. The molecular weight excluding hydrogens is 462 g/mol. The summed E-state index contributed by atoms with van der Waals surface area (Å²) in [6.45, 7) is 2.64. The van der Waals surface area contributed by atoms with Gasteiger partial charge in [-0.15, -0.1) is 0 Å². The third-order valence-electron chi connectivity index (χ3n) is 6.28. The minimum Gasteiger partial charge on any atom is -0.479 e. The molecule has 1 N–H and O–H groups in total. The van der Waals surface area contributed by atoms with Gasteiger partial charge in [-0.05, 0) is 58.5 Å². The van der Waals surface area contributed by atoms with Gasteiger partial charge in [-0.25, -0.2) is 4.79 Å². The first-order valence-electron chi connectivity index (χ1n) is 12.4. The van der Waals surface area contributed by atoms with E-state index in [0.29, 0.717) is 25.1 Å². The molecule has 0 spiro atoms. The molecule has 0 saturated heterocycles. The third-order valence-corrected chi connectivity index (χ3v) is 6.28. The largest absolute Gasteiger partial charge is 0.479 e. The molecule has 0 aliphatic carbocycles. The quantitative estimate of drug-likeness (QED) is 0.281. The van der Waals surface area contributed by atoms with E-state index in [4.69, 9.17) is 4.74 Å². The number of amides is 1. The monoisotopic (exact) mass is 493 g/mol. The summed E-state index contributed by atoms with van der Waals surface area (Å²) >= 11 is 0. The highest BCUT2D eigenvalue weighted by Crippen LogP contribution is 2.23. The molecule has 1 amide bonds. The average Bonchev–Trinajstić information content (AvgIpc) is 2.93. The Bertz CT molecular complexity index is 1330. The van der Waals surface area contributed by atoms with E-state index < -0.39 is 12.1 Å². The summed E-state index contributed by atoms with van der Waals surface area (Å²) in [6, 6.07) is 33.8. The van der Waals surface area contributed by atoms with E-state index in [2.05, 4.69) is 18.2 Å². The van der Waals surface area contributed by atoms with Gasteiger partial charge in [-0.3, -0.25) is 4.79 Å². The van der Waals surface area contributed by atoms with Crippen LogP contribution < -0.4 is 0 Å².